The first-order valence-electron chi connectivity index (χ1n) is 12.1. The van der Waals surface area contributed by atoms with Gasteiger partial charge in [0.05, 0.1) is 47.0 Å². The van der Waals surface area contributed by atoms with E-state index in [0.717, 1.165) is 24.1 Å². The summed E-state index contributed by atoms with van der Waals surface area (Å²) in [5, 5.41) is 6.75. The lowest BCUT2D eigenvalue weighted by Crippen LogP contribution is -2.38. The number of aromatic nitrogens is 2. The van der Waals surface area contributed by atoms with Crippen LogP contribution in [0.5, 0.6) is 11.5 Å². The van der Waals surface area contributed by atoms with Crippen molar-refractivity contribution in [1.82, 2.24) is 20.2 Å². The lowest BCUT2D eigenvalue weighted by molar-refractivity contribution is -0.127. The van der Waals surface area contributed by atoms with Crippen LogP contribution in [0.1, 0.15) is 28.9 Å². The molecule has 192 valence electrons. The molecule has 4 heterocycles. The number of nitrogens with zero attached hydrogens (tertiary/aromatic N) is 2. The predicted octanol–water partition coefficient (Wildman–Crippen LogP) is 4.32. The first-order valence-corrected chi connectivity index (χ1v) is 12.5. The number of amides is 2. The number of aromatic amines is 1. The number of ether oxygens (including phenoxy) is 2. The Balaban J connectivity index is 1.53. The van der Waals surface area contributed by atoms with Crippen LogP contribution in [0.3, 0.4) is 0 Å². The van der Waals surface area contributed by atoms with E-state index in [1.165, 1.54) is 6.08 Å². The van der Waals surface area contributed by atoms with Crippen molar-refractivity contribution < 1.29 is 19.1 Å². The molecule has 2 aliphatic heterocycles. The fraction of sp³-hybridized carbons (Fsp3) is 0.296. The minimum absolute atomic E-state index is 0.0468. The molecule has 2 aromatic heterocycles. The van der Waals surface area contributed by atoms with Crippen molar-refractivity contribution in [3.63, 3.8) is 0 Å². The fourth-order valence-corrected chi connectivity index (χ4v) is 5.21. The van der Waals surface area contributed by atoms with E-state index in [1.807, 2.05) is 18.2 Å². The van der Waals surface area contributed by atoms with Crippen molar-refractivity contribution in [2.75, 3.05) is 32.1 Å². The Hall–Kier alpha value is -3.98. The van der Waals surface area contributed by atoms with Crippen LogP contribution in [0.4, 0.5) is 11.4 Å². The van der Waals surface area contributed by atoms with Gasteiger partial charge in [-0.25, -0.2) is 0 Å². The van der Waals surface area contributed by atoms with Crippen molar-refractivity contribution in [2.24, 2.45) is 0 Å². The number of hydrogen-bond acceptors (Lipinski definition) is 6. The van der Waals surface area contributed by atoms with Crippen LogP contribution in [-0.4, -0.2) is 59.5 Å². The Kier molecular flexibility index (Phi) is 7.05. The van der Waals surface area contributed by atoms with Gasteiger partial charge in [-0.15, -0.1) is 0 Å². The Bertz CT molecular complexity index is 1350. The van der Waals surface area contributed by atoms with E-state index in [4.69, 9.17) is 21.1 Å². The molecule has 0 aliphatic carbocycles. The molecule has 1 unspecified atom stereocenters. The molecule has 0 saturated carbocycles. The van der Waals surface area contributed by atoms with E-state index in [-0.39, 0.29) is 17.9 Å². The number of rotatable bonds is 8. The zero-order chi connectivity index (χ0) is 25.9. The molecule has 1 fully saturated rings. The number of likely N-dealkylation sites (tertiary alicyclic amines) is 1. The van der Waals surface area contributed by atoms with Gasteiger partial charge in [0.2, 0.25) is 5.91 Å². The van der Waals surface area contributed by atoms with Crippen LogP contribution in [0.2, 0.25) is 5.02 Å². The van der Waals surface area contributed by atoms with Gasteiger partial charge in [-0.1, -0.05) is 24.2 Å². The highest BCUT2D eigenvalue weighted by molar-refractivity contribution is 6.32. The number of halogens is 1. The predicted molar refractivity (Wildman–Crippen MR) is 142 cm³/mol. The zero-order valence-corrected chi connectivity index (χ0v) is 21.2. The molecule has 9 nitrogen and oxygen atoms in total. The molecule has 3 N–H and O–H groups in total. The number of benzene rings is 1. The van der Waals surface area contributed by atoms with E-state index in [2.05, 4.69) is 27.2 Å². The minimum Gasteiger partial charge on any atom is -0.493 e. The monoisotopic (exact) mass is 521 g/mol. The molecular weight excluding hydrogens is 494 g/mol. The highest BCUT2D eigenvalue weighted by atomic mass is 35.5. The Morgan fingerprint density at radius 2 is 2.24 bits per heavy atom. The number of nitrogens with one attached hydrogen (secondary N) is 3. The van der Waals surface area contributed by atoms with E-state index < -0.39 is 0 Å². The SMILES string of the molecule is C=CC(=O)N1CCCC1COc1cnccc1-c1[nH]c2c(c1Nc1cccc(Cl)c1OC)C(=O)NCC2. The summed E-state index contributed by atoms with van der Waals surface area (Å²) in [6, 6.07) is 7.18. The maximum absolute atomic E-state index is 13.0. The third-order valence-electron chi connectivity index (χ3n) is 6.72. The van der Waals surface area contributed by atoms with Crippen molar-refractivity contribution in [1.29, 1.82) is 0 Å². The van der Waals surface area contributed by atoms with Gasteiger partial charge in [0, 0.05) is 37.0 Å². The Morgan fingerprint density at radius 1 is 1.38 bits per heavy atom. The first-order chi connectivity index (χ1) is 18.0. The number of pyridine rings is 1. The van der Waals surface area contributed by atoms with Gasteiger partial charge in [-0.05, 0) is 37.1 Å². The van der Waals surface area contributed by atoms with Crippen LogP contribution >= 0.6 is 11.6 Å². The maximum Gasteiger partial charge on any atom is 0.255 e. The van der Waals surface area contributed by atoms with Gasteiger partial charge >= 0.3 is 0 Å². The molecule has 10 heteroatoms. The molecule has 2 amide bonds. The highest BCUT2D eigenvalue weighted by Gasteiger charge is 2.30. The van der Waals surface area contributed by atoms with Gasteiger partial charge in [0.1, 0.15) is 12.4 Å². The van der Waals surface area contributed by atoms with Gasteiger partial charge in [0.15, 0.2) is 5.75 Å². The number of anilines is 2. The number of carbonyl (C=O) groups excluding carboxylic acids is 2. The van der Waals surface area contributed by atoms with E-state index >= 15 is 0 Å². The molecule has 0 bridgehead atoms. The summed E-state index contributed by atoms with van der Waals surface area (Å²) in [4.78, 5) is 34.7. The summed E-state index contributed by atoms with van der Waals surface area (Å²) < 4.78 is 11.8. The molecule has 1 saturated heterocycles. The maximum atomic E-state index is 13.0. The average Bonchev–Trinajstić information content (AvgIpc) is 3.53. The Morgan fingerprint density at radius 3 is 3.05 bits per heavy atom. The van der Waals surface area contributed by atoms with E-state index in [0.29, 0.717) is 65.3 Å². The van der Waals surface area contributed by atoms with Crippen molar-refractivity contribution in [3.8, 4) is 22.8 Å². The molecule has 5 rings (SSSR count). The highest BCUT2D eigenvalue weighted by Crippen LogP contribution is 2.43. The number of hydrogen-bond donors (Lipinski definition) is 3. The lowest BCUT2D eigenvalue weighted by atomic mass is 10.0. The Labute approximate surface area is 219 Å². The topological polar surface area (TPSA) is 109 Å². The molecule has 0 radical (unpaired) electrons. The van der Waals surface area contributed by atoms with E-state index in [1.54, 1.807) is 30.5 Å². The number of H-pyrrole nitrogens is 1. The average molecular weight is 522 g/mol. The quantitative estimate of drug-likeness (QED) is 0.381. The summed E-state index contributed by atoms with van der Waals surface area (Å²) in [7, 11) is 1.55. The third-order valence-corrected chi connectivity index (χ3v) is 7.01. The van der Waals surface area contributed by atoms with E-state index in [9.17, 15) is 9.59 Å². The van der Waals surface area contributed by atoms with Crippen LogP contribution in [0.15, 0.2) is 49.3 Å². The zero-order valence-electron chi connectivity index (χ0n) is 20.5. The van der Waals surface area contributed by atoms with Crippen molar-refractivity contribution >= 4 is 34.8 Å². The largest absolute Gasteiger partial charge is 0.493 e. The summed E-state index contributed by atoms with van der Waals surface area (Å²) >= 11 is 6.36. The second-order valence-electron chi connectivity index (χ2n) is 8.89. The van der Waals surface area contributed by atoms with Crippen molar-refractivity contribution in [3.05, 3.63) is 65.6 Å². The summed E-state index contributed by atoms with van der Waals surface area (Å²) in [6.07, 6.45) is 7.09. The normalized spacial score (nSPS) is 16.6. The third kappa shape index (κ3) is 4.74. The molecule has 1 atom stereocenters. The van der Waals surface area contributed by atoms with Crippen LogP contribution in [0.25, 0.3) is 11.3 Å². The fourth-order valence-electron chi connectivity index (χ4n) is 4.96. The molecule has 1 aromatic carbocycles. The summed E-state index contributed by atoms with van der Waals surface area (Å²) in [5.74, 6) is 0.747. The van der Waals surface area contributed by atoms with Gasteiger partial charge in [-0.3, -0.25) is 14.6 Å². The minimum atomic E-state index is -0.173. The van der Waals surface area contributed by atoms with Gasteiger partial charge in [-0.2, -0.15) is 0 Å². The second kappa shape index (κ2) is 10.6. The lowest BCUT2D eigenvalue weighted by Gasteiger charge is -2.24. The molecule has 3 aromatic rings. The molecular formula is C27H28ClN5O4. The van der Waals surface area contributed by atoms with Gasteiger partial charge < -0.3 is 30.0 Å². The number of methoxy groups -OCH3 is 1. The molecule has 37 heavy (non-hydrogen) atoms. The van der Waals surface area contributed by atoms with Gasteiger partial charge in [0.25, 0.3) is 5.91 Å². The molecule has 0 spiro atoms. The summed E-state index contributed by atoms with van der Waals surface area (Å²) in [6.45, 7) is 5.16. The van der Waals surface area contributed by atoms with Crippen LogP contribution < -0.4 is 20.1 Å². The number of fused-ring (bicyclic) bond motifs is 1. The van der Waals surface area contributed by atoms with Crippen LogP contribution in [-0.2, 0) is 11.2 Å². The first kappa shape index (κ1) is 24.7. The smallest absolute Gasteiger partial charge is 0.255 e. The number of carbonyl (C=O) groups is 2. The van der Waals surface area contributed by atoms with Crippen molar-refractivity contribution in [2.45, 2.75) is 25.3 Å². The molecule has 2 aliphatic rings. The second-order valence-corrected chi connectivity index (χ2v) is 9.30. The number of para-hydroxylation sites is 1. The van der Waals surface area contributed by atoms with Crippen LogP contribution in [0, 0.1) is 0 Å². The standard InChI is InChI=1S/C27H28ClN5O4/c1-3-22(34)33-13-5-6-16(33)15-37-21-14-29-11-9-17(21)24-25(23-19(31-24)10-12-30-27(23)35)32-20-8-4-7-18(28)26(20)36-2/h3-4,7-9,11,14,16,31-32H,1,5-6,10,12-13,15H2,2H3,(H,30,35). The summed E-state index contributed by atoms with van der Waals surface area (Å²) in [5.41, 5.74) is 3.99.